The molecule has 0 radical (unpaired) electrons. The number of halogens is 1. The number of carbonyl (C=O) groups excluding carboxylic acids is 1. The number of hydrogen-bond donors (Lipinski definition) is 1. The minimum atomic E-state index is 0.514. The third-order valence-corrected chi connectivity index (χ3v) is 2.24. The number of aldehydes is 1. The Hall–Kier alpha value is -1.48. The fourth-order valence-corrected chi connectivity index (χ4v) is 1.64. The number of H-pyrrole nitrogens is 1. The highest BCUT2D eigenvalue weighted by atomic mass is 35.5. The predicted molar refractivity (Wildman–Crippen MR) is 55.2 cm³/mol. The van der Waals surface area contributed by atoms with Crippen molar-refractivity contribution >= 4 is 28.8 Å². The van der Waals surface area contributed by atoms with E-state index in [1.807, 2.05) is 0 Å². The van der Waals surface area contributed by atoms with Gasteiger partial charge in [-0.15, -0.1) is 0 Å². The van der Waals surface area contributed by atoms with Crippen LogP contribution in [0.15, 0.2) is 18.2 Å². The van der Waals surface area contributed by atoms with Gasteiger partial charge in [-0.05, 0) is 12.1 Å². The van der Waals surface area contributed by atoms with Crippen LogP contribution in [0.4, 0.5) is 0 Å². The van der Waals surface area contributed by atoms with Crippen LogP contribution >= 0.6 is 11.6 Å². The normalized spacial score (nSPS) is 10.4. The summed E-state index contributed by atoms with van der Waals surface area (Å²) in [5.41, 5.74) is 1.31. The van der Waals surface area contributed by atoms with Gasteiger partial charge in [0, 0.05) is 16.5 Å². The minimum Gasteiger partial charge on any atom is -0.495 e. The number of fused-ring (bicyclic) bond motifs is 1. The quantitative estimate of drug-likeness (QED) is 0.773. The fourth-order valence-electron chi connectivity index (χ4n) is 1.42. The number of aromatic nitrogens is 1. The number of methoxy groups -OCH3 is 1. The van der Waals surface area contributed by atoms with Crippen LogP contribution in [-0.2, 0) is 0 Å². The first-order valence-electron chi connectivity index (χ1n) is 4.06. The molecule has 0 aliphatic carbocycles. The second-order valence-electron chi connectivity index (χ2n) is 2.91. The van der Waals surface area contributed by atoms with E-state index < -0.39 is 0 Å². The van der Waals surface area contributed by atoms with Crippen LogP contribution in [0, 0.1) is 0 Å². The summed E-state index contributed by atoms with van der Waals surface area (Å²) in [7, 11) is 1.56. The average molecular weight is 210 g/mol. The Balaban J connectivity index is 2.77. The molecule has 14 heavy (non-hydrogen) atoms. The van der Waals surface area contributed by atoms with E-state index >= 15 is 0 Å². The van der Waals surface area contributed by atoms with Gasteiger partial charge in [0.2, 0.25) is 0 Å². The first-order chi connectivity index (χ1) is 6.74. The van der Waals surface area contributed by atoms with Crippen molar-refractivity contribution in [3.05, 3.63) is 28.9 Å². The van der Waals surface area contributed by atoms with Crippen LogP contribution < -0.4 is 4.74 Å². The lowest BCUT2D eigenvalue weighted by atomic mass is 10.2. The molecule has 1 N–H and O–H groups in total. The summed E-state index contributed by atoms with van der Waals surface area (Å²) in [6, 6.07) is 5.22. The maximum Gasteiger partial charge on any atom is 0.166 e. The molecule has 1 aromatic carbocycles. The van der Waals surface area contributed by atoms with Gasteiger partial charge in [0.25, 0.3) is 0 Å². The van der Waals surface area contributed by atoms with Gasteiger partial charge >= 0.3 is 0 Å². The van der Waals surface area contributed by atoms with Crippen LogP contribution in [0.3, 0.4) is 0 Å². The Morgan fingerprint density at radius 2 is 2.21 bits per heavy atom. The van der Waals surface area contributed by atoms with Crippen molar-refractivity contribution in [1.29, 1.82) is 0 Å². The molecule has 0 bridgehead atoms. The molecule has 0 saturated carbocycles. The van der Waals surface area contributed by atoms with Crippen LogP contribution in [-0.4, -0.2) is 18.4 Å². The molecule has 0 saturated heterocycles. The Morgan fingerprint density at radius 1 is 1.43 bits per heavy atom. The van der Waals surface area contributed by atoms with Crippen molar-refractivity contribution in [2.45, 2.75) is 0 Å². The summed E-state index contributed by atoms with van der Waals surface area (Å²) >= 11 is 5.87. The van der Waals surface area contributed by atoms with E-state index in [0.717, 1.165) is 17.2 Å². The first-order valence-corrected chi connectivity index (χ1v) is 4.44. The number of nitrogens with one attached hydrogen (secondary N) is 1. The number of carbonyl (C=O) groups is 1. The molecule has 4 heteroatoms. The molecule has 0 unspecified atom stereocenters. The zero-order valence-electron chi connectivity index (χ0n) is 7.50. The molecule has 0 aliphatic rings. The molecule has 2 aromatic rings. The Bertz CT molecular complexity index is 490. The SMILES string of the molecule is COc1cc(Cl)cc2cc(C=O)[nH]c12. The van der Waals surface area contributed by atoms with Crippen LogP contribution in [0.5, 0.6) is 5.75 Å². The largest absolute Gasteiger partial charge is 0.495 e. The summed E-state index contributed by atoms with van der Waals surface area (Å²) in [6.07, 6.45) is 0.757. The van der Waals surface area contributed by atoms with E-state index in [2.05, 4.69) is 4.98 Å². The van der Waals surface area contributed by atoms with Crippen LogP contribution in [0.25, 0.3) is 10.9 Å². The van der Waals surface area contributed by atoms with Gasteiger partial charge in [-0.3, -0.25) is 4.79 Å². The second-order valence-corrected chi connectivity index (χ2v) is 3.35. The van der Waals surface area contributed by atoms with Gasteiger partial charge in [-0.25, -0.2) is 0 Å². The molecular formula is C10H8ClNO2. The number of rotatable bonds is 2. The molecule has 0 amide bonds. The van der Waals surface area contributed by atoms with Crippen LogP contribution in [0.1, 0.15) is 10.5 Å². The molecule has 3 nitrogen and oxygen atoms in total. The van der Waals surface area contributed by atoms with Crippen molar-refractivity contribution in [2.75, 3.05) is 7.11 Å². The summed E-state index contributed by atoms with van der Waals surface area (Å²) in [5, 5.41) is 1.46. The predicted octanol–water partition coefficient (Wildman–Crippen LogP) is 2.64. The summed E-state index contributed by atoms with van der Waals surface area (Å²) < 4.78 is 5.13. The van der Waals surface area contributed by atoms with E-state index in [9.17, 15) is 4.79 Å². The topological polar surface area (TPSA) is 42.1 Å². The lowest BCUT2D eigenvalue weighted by Crippen LogP contribution is -1.84. The third-order valence-electron chi connectivity index (χ3n) is 2.02. The smallest absolute Gasteiger partial charge is 0.166 e. The molecule has 0 atom stereocenters. The van der Waals surface area contributed by atoms with Crippen molar-refractivity contribution in [1.82, 2.24) is 4.98 Å². The van der Waals surface area contributed by atoms with Gasteiger partial charge in [-0.2, -0.15) is 0 Å². The lowest BCUT2D eigenvalue weighted by molar-refractivity contribution is 0.112. The highest BCUT2D eigenvalue weighted by Gasteiger charge is 2.06. The molecule has 0 fully saturated rings. The van der Waals surface area contributed by atoms with Gasteiger partial charge < -0.3 is 9.72 Å². The Kier molecular flexibility index (Phi) is 2.17. The highest BCUT2D eigenvalue weighted by Crippen LogP contribution is 2.29. The number of hydrogen-bond acceptors (Lipinski definition) is 2. The zero-order chi connectivity index (χ0) is 10.1. The Morgan fingerprint density at radius 3 is 2.86 bits per heavy atom. The van der Waals surface area contributed by atoms with E-state index in [-0.39, 0.29) is 0 Å². The summed E-state index contributed by atoms with van der Waals surface area (Å²) in [5.74, 6) is 0.639. The Labute approximate surface area is 85.6 Å². The van der Waals surface area contributed by atoms with Crippen molar-refractivity contribution in [2.24, 2.45) is 0 Å². The second kappa shape index (κ2) is 3.35. The number of ether oxygens (including phenoxy) is 1. The average Bonchev–Trinajstić information content (AvgIpc) is 2.59. The maximum absolute atomic E-state index is 10.6. The van der Waals surface area contributed by atoms with Crippen LogP contribution in [0.2, 0.25) is 5.02 Å². The zero-order valence-corrected chi connectivity index (χ0v) is 8.26. The molecule has 0 spiro atoms. The van der Waals surface area contributed by atoms with E-state index in [4.69, 9.17) is 16.3 Å². The standard InChI is InChI=1S/C10H8ClNO2/c1-14-9-4-7(11)2-6-3-8(5-13)12-10(6)9/h2-5,12H,1H3. The highest BCUT2D eigenvalue weighted by molar-refractivity contribution is 6.31. The van der Waals surface area contributed by atoms with E-state index in [0.29, 0.717) is 16.5 Å². The monoisotopic (exact) mass is 209 g/mol. The first kappa shape index (κ1) is 9.09. The molecule has 1 aromatic heterocycles. The van der Waals surface area contributed by atoms with E-state index in [1.165, 1.54) is 0 Å². The molecule has 2 rings (SSSR count). The summed E-state index contributed by atoms with van der Waals surface area (Å²) in [4.78, 5) is 13.5. The molecule has 1 heterocycles. The van der Waals surface area contributed by atoms with Crippen molar-refractivity contribution in [3.8, 4) is 5.75 Å². The third kappa shape index (κ3) is 1.36. The summed E-state index contributed by atoms with van der Waals surface area (Å²) in [6.45, 7) is 0. The molecule has 0 aliphatic heterocycles. The van der Waals surface area contributed by atoms with Gasteiger partial charge in [-0.1, -0.05) is 11.6 Å². The number of aromatic amines is 1. The molecule has 72 valence electrons. The van der Waals surface area contributed by atoms with E-state index in [1.54, 1.807) is 25.3 Å². The van der Waals surface area contributed by atoms with Crippen molar-refractivity contribution in [3.63, 3.8) is 0 Å². The number of benzene rings is 1. The van der Waals surface area contributed by atoms with Gasteiger partial charge in [0.15, 0.2) is 6.29 Å². The molecular weight excluding hydrogens is 202 g/mol. The van der Waals surface area contributed by atoms with Crippen molar-refractivity contribution < 1.29 is 9.53 Å². The minimum absolute atomic E-state index is 0.514. The van der Waals surface area contributed by atoms with Gasteiger partial charge in [0.1, 0.15) is 5.75 Å². The van der Waals surface area contributed by atoms with Gasteiger partial charge in [0.05, 0.1) is 18.3 Å². The fraction of sp³-hybridized carbons (Fsp3) is 0.100. The lowest BCUT2D eigenvalue weighted by Gasteiger charge is -2.01. The maximum atomic E-state index is 10.6.